The molecule has 0 aliphatic carbocycles. The first-order valence-corrected chi connectivity index (χ1v) is 3.38. The molecule has 1 heterocycles. The van der Waals surface area contributed by atoms with Crippen molar-refractivity contribution in [3.63, 3.8) is 0 Å². The van der Waals surface area contributed by atoms with Gasteiger partial charge in [0.25, 0.3) is 0 Å². The lowest BCUT2D eigenvalue weighted by atomic mass is 11.1. The predicted octanol–water partition coefficient (Wildman–Crippen LogP) is -0.155. The molecular formula is C3H5N3OS2. The summed E-state index contributed by atoms with van der Waals surface area (Å²) in [5.74, 6) is 0. The molecule has 1 amide bonds. The van der Waals surface area contributed by atoms with Crippen molar-refractivity contribution in [3.05, 3.63) is 10.4 Å². The molecule has 4 nitrogen and oxygen atoms in total. The fourth-order valence-corrected chi connectivity index (χ4v) is 1.17. The first-order chi connectivity index (χ1) is 4.33. The third-order valence-electron chi connectivity index (χ3n) is 0.660. The number of amides is 1. The normalized spacial score (nSPS) is 18.6. The number of nitrogens with one attached hydrogen (secondary N) is 2. The van der Waals surface area contributed by atoms with E-state index < -0.39 is 0 Å². The van der Waals surface area contributed by atoms with Crippen molar-refractivity contribution in [1.82, 2.24) is 15.4 Å². The molecule has 0 aromatic heterocycles. The minimum atomic E-state index is 0.584. The molecule has 1 aliphatic rings. The Hall–Kier alpha value is -0.330. The van der Waals surface area contributed by atoms with Gasteiger partial charge in [0.15, 0.2) is 0 Å². The van der Waals surface area contributed by atoms with Crippen molar-refractivity contribution in [2.45, 2.75) is 0 Å². The molecule has 0 unspecified atom stereocenters. The van der Waals surface area contributed by atoms with Crippen molar-refractivity contribution < 1.29 is 4.79 Å². The van der Waals surface area contributed by atoms with Gasteiger partial charge < -0.3 is 0 Å². The van der Waals surface area contributed by atoms with Crippen LogP contribution < -0.4 is 10.9 Å². The Morgan fingerprint density at radius 1 is 2.00 bits per heavy atom. The molecule has 0 fully saturated rings. The number of hydrazine groups is 2. The van der Waals surface area contributed by atoms with E-state index in [4.69, 9.17) is 0 Å². The highest BCUT2D eigenvalue weighted by Gasteiger charge is 2.09. The molecule has 50 valence electrons. The van der Waals surface area contributed by atoms with Crippen LogP contribution in [0.5, 0.6) is 0 Å². The average molecular weight is 163 g/mol. The van der Waals surface area contributed by atoms with Gasteiger partial charge in [0.2, 0.25) is 6.41 Å². The molecule has 9 heavy (non-hydrogen) atoms. The summed E-state index contributed by atoms with van der Waals surface area (Å²) in [7, 11) is 0. The molecule has 0 bridgehead atoms. The SMILES string of the molecule is O=CNN1NC=C(S)S1. The van der Waals surface area contributed by atoms with E-state index in [9.17, 15) is 4.79 Å². The molecule has 2 N–H and O–H groups in total. The molecule has 0 atom stereocenters. The first kappa shape index (κ1) is 6.79. The molecule has 1 rings (SSSR count). The van der Waals surface area contributed by atoms with E-state index in [0.717, 1.165) is 4.24 Å². The van der Waals surface area contributed by atoms with Gasteiger partial charge in [-0.15, -0.1) is 12.6 Å². The van der Waals surface area contributed by atoms with Gasteiger partial charge in [-0.05, 0) is 0 Å². The van der Waals surface area contributed by atoms with Gasteiger partial charge >= 0.3 is 0 Å². The lowest BCUT2D eigenvalue weighted by Gasteiger charge is -2.10. The third kappa shape index (κ3) is 1.81. The lowest BCUT2D eigenvalue weighted by Crippen LogP contribution is -2.36. The second kappa shape index (κ2) is 3.00. The summed E-state index contributed by atoms with van der Waals surface area (Å²) in [4.78, 5) is 9.81. The van der Waals surface area contributed by atoms with Gasteiger partial charge in [-0.25, -0.2) is 0 Å². The smallest absolute Gasteiger partial charge is 0.223 e. The topological polar surface area (TPSA) is 44.4 Å². The number of rotatable bonds is 2. The lowest BCUT2D eigenvalue weighted by molar-refractivity contribution is -0.112. The third-order valence-corrected chi connectivity index (χ3v) is 1.73. The van der Waals surface area contributed by atoms with Gasteiger partial charge in [0, 0.05) is 18.1 Å². The summed E-state index contributed by atoms with van der Waals surface area (Å²) in [5.41, 5.74) is 5.10. The van der Waals surface area contributed by atoms with Crippen molar-refractivity contribution >= 4 is 31.0 Å². The highest BCUT2D eigenvalue weighted by Crippen LogP contribution is 2.24. The van der Waals surface area contributed by atoms with E-state index in [-0.39, 0.29) is 0 Å². The highest BCUT2D eigenvalue weighted by atomic mass is 32.2. The number of carbonyl (C=O) groups is 1. The van der Waals surface area contributed by atoms with E-state index in [1.54, 1.807) is 6.20 Å². The van der Waals surface area contributed by atoms with Crippen LogP contribution >= 0.6 is 24.6 Å². The highest BCUT2D eigenvalue weighted by molar-refractivity contribution is 8.14. The van der Waals surface area contributed by atoms with Gasteiger partial charge in [-0.2, -0.15) is 0 Å². The first-order valence-electron chi connectivity index (χ1n) is 2.16. The quantitative estimate of drug-likeness (QED) is 0.301. The predicted molar refractivity (Wildman–Crippen MR) is 38.8 cm³/mol. The van der Waals surface area contributed by atoms with Crippen LogP contribution in [-0.4, -0.2) is 10.9 Å². The second-order valence-corrected chi connectivity index (χ2v) is 3.02. The average Bonchev–Trinajstić information content (AvgIpc) is 2.17. The molecular weight excluding hydrogens is 158 g/mol. The molecule has 0 radical (unpaired) electrons. The van der Waals surface area contributed by atoms with Crippen LogP contribution in [0.2, 0.25) is 0 Å². The zero-order chi connectivity index (χ0) is 6.69. The van der Waals surface area contributed by atoms with Crippen LogP contribution in [0.15, 0.2) is 10.4 Å². The van der Waals surface area contributed by atoms with Crippen molar-refractivity contribution in [2.75, 3.05) is 0 Å². The molecule has 0 saturated heterocycles. The Morgan fingerprint density at radius 3 is 3.22 bits per heavy atom. The van der Waals surface area contributed by atoms with Crippen LogP contribution in [0.25, 0.3) is 0 Å². The zero-order valence-corrected chi connectivity index (χ0v) is 6.08. The Balaban J connectivity index is 2.28. The van der Waals surface area contributed by atoms with E-state index >= 15 is 0 Å². The van der Waals surface area contributed by atoms with E-state index in [1.165, 1.54) is 16.5 Å². The summed E-state index contributed by atoms with van der Waals surface area (Å²) in [5, 5.41) is 0. The van der Waals surface area contributed by atoms with E-state index in [1.807, 2.05) is 0 Å². The summed E-state index contributed by atoms with van der Waals surface area (Å²) < 4.78 is 2.25. The minimum Gasteiger partial charge on any atom is -0.297 e. The maximum atomic E-state index is 9.81. The summed E-state index contributed by atoms with van der Waals surface area (Å²) >= 11 is 5.30. The fourth-order valence-electron chi connectivity index (χ4n) is 0.372. The monoisotopic (exact) mass is 163 g/mol. The number of thiol groups is 1. The van der Waals surface area contributed by atoms with Crippen molar-refractivity contribution in [3.8, 4) is 0 Å². The van der Waals surface area contributed by atoms with Crippen LogP contribution in [0.1, 0.15) is 0 Å². The molecule has 0 saturated carbocycles. The number of nitrogens with zero attached hydrogens (tertiary/aromatic N) is 1. The molecule has 0 spiro atoms. The van der Waals surface area contributed by atoms with Crippen molar-refractivity contribution in [2.24, 2.45) is 0 Å². The maximum Gasteiger partial charge on any atom is 0.223 e. The van der Waals surface area contributed by atoms with Crippen LogP contribution in [-0.2, 0) is 4.79 Å². The molecule has 0 aromatic carbocycles. The van der Waals surface area contributed by atoms with Crippen molar-refractivity contribution in [1.29, 1.82) is 0 Å². The standard InChI is InChI=1S/C3H5N3OS2/c7-2-5-6-4-1-3(8)9-6/h1-2,4,8H,(H,5,7). The molecule has 0 aromatic rings. The Bertz CT molecular complexity index is 148. The summed E-state index contributed by atoms with van der Waals surface area (Å²) in [6.45, 7) is 0. The molecule has 6 heteroatoms. The van der Waals surface area contributed by atoms with Gasteiger partial charge in [-0.3, -0.25) is 15.6 Å². The Labute approximate surface area is 62.1 Å². The van der Waals surface area contributed by atoms with Gasteiger partial charge in [-0.1, -0.05) is 4.52 Å². The summed E-state index contributed by atoms with van der Waals surface area (Å²) in [6.07, 6.45) is 2.25. The Morgan fingerprint density at radius 2 is 2.78 bits per heavy atom. The minimum absolute atomic E-state index is 0.584. The number of carbonyl (C=O) groups excluding carboxylic acids is 1. The van der Waals surface area contributed by atoms with E-state index in [2.05, 4.69) is 23.5 Å². The van der Waals surface area contributed by atoms with Crippen LogP contribution in [0, 0.1) is 0 Å². The Kier molecular flexibility index (Phi) is 2.26. The molecule has 1 aliphatic heterocycles. The maximum absolute atomic E-state index is 9.81. The second-order valence-electron chi connectivity index (χ2n) is 1.24. The van der Waals surface area contributed by atoms with Gasteiger partial charge in [0.1, 0.15) is 0 Å². The number of hydrogen-bond acceptors (Lipinski definition) is 5. The van der Waals surface area contributed by atoms with E-state index in [0.29, 0.717) is 6.41 Å². The fraction of sp³-hybridized carbons (Fsp3) is 0. The van der Waals surface area contributed by atoms with Crippen LogP contribution in [0.4, 0.5) is 0 Å². The summed E-state index contributed by atoms with van der Waals surface area (Å²) in [6, 6.07) is 0. The van der Waals surface area contributed by atoms with Gasteiger partial charge in [0.05, 0.1) is 4.24 Å². The van der Waals surface area contributed by atoms with Crippen LogP contribution in [0.3, 0.4) is 0 Å². The number of hydrogen-bond donors (Lipinski definition) is 3. The largest absolute Gasteiger partial charge is 0.297 e. The zero-order valence-electron chi connectivity index (χ0n) is 4.37.